The van der Waals surface area contributed by atoms with Crippen LogP contribution in [0.5, 0.6) is 11.5 Å². The van der Waals surface area contributed by atoms with E-state index in [9.17, 15) is 5.11 Å². The van der Waals surface area contributed by atoms with Gasteiger partial charge in [-0.3, -0.25) is 4.90 Å². The Bertz CT molecular complexity index is 478. The van der Waals surface area contributed by atoms with E-state index in [0.29, 0.717) is 18.4 Å². The smallest absolute Gasteiger partial charge is 0.161 e. The first kappa shape index (κ1) is 20.4. The summed E-state index contributed by atoms with van der Waals surface area (Å²) in [7, 11) is 0. The third kappa shape index (κ3) is 5.42. The fourth-order valence-electron chi connectivity index (χ4n) is 3.17. The molecule has 1 atom stereocenters. The molecule has 0 unspecified atom stereocenters. The highest BCUT2D eigenvalue weighted by Crippen LogP contribution is 2.41. The van der Waals surface area contributed by atoms with Crippen molar-refractivity contribution in [2.45, 2.75) is 32.2 Å². The Morgan fingerprint density at radius 1 is 1.26 bits per heavy atom. The summed E-state index contributed by atoms with van der Waals surface area (Å²) < 4.78 is 5.55. The molecule has 1 heterocycles. The molecular weight excluding hydrogens is 335 g/mol. The maximum Gasteiger partial charge on any atom is 0.161 e. The molecule has 0 aromatic heterocycles. The normalized spacial score (nSPS) is 19.3. The summed E-state index contributed by atoms with van der Waals surface area (Å²) in [4.78, 5) is 2.58. The van der Waals surface area contributed by atoms with E-state index < -0.39 is 0 Å². The van der Waals surface area contributed by atoms with Crippen LogP contribution in [0.15, 0.2) is 18.2 Å². The third-order valence-electron chi connectivity index (χ3n) is 4.51. The van der Waals surface area contributed by atoms with Crippen LogP contribution in [-0.4, -0.2) is 42.8 Å². The number of halogens is 2. The highest BCUT2D eigenvalue weighted by Gasteiger charge is 2.30. The van der Waals surface area contributed by atoms with Crippen LogP contribution in [0.4, 0.5) is 0 Å². The van der Waals surface area contributed by atoms with Crippen molar-refractivity contribution in [3.05, 3.63) is 23.8 Å². The summed E-state index contributed by atoms with van der Waals surface area (Å²) in [5, 5.41) is 13.3. The Morgan fingerprint density at radius 3 is 2.57 bits per heavy atom. The number of nitrogens with zero attached hydrogens (tertiary/aromatic N) is 1. The van der Waals surface area contributed by atoms with Gasteiger partial charge in [-0.1, -0.05) is 18.9 Å². The van der Waals surface area contributed by atoms with Crippen LogP contribution in [0.2, 0.25) is 0 Å². The molecule has 1 aromatic rings. The number of ether oxygens (including phenoxy) is 1. The average molecular weight is 363 g/mol. The Balaban J connectivity index is 0.00000132. The second-order valence-electron chi connectivity index (χ2n) is 6.14. The molecule has 1 aliphatic heterocycles. The largest absolute Gasteiger partial charge is 0.504 e. The van der Waals surface area contributed by atoms with Gasteiger partial charge in [0.25, 0.3) is 0 Å². The first-order valence-electron chi connectivity index (χ1n) is 8.18. The quantitative estimate of drug-likeness (QED) is 0.813. The average Bonchev–Trinajstić information content (AvgIpc) is 3.33. The van der Waals surface area contributed by atoms with Crippen LogP contribution in [0.3, 0.4) is 0 Å². The van der Waals surface area contributed by atoms with Crippen LogP contribution in [0, 0.1) is 5.92 Å². The second kappa shape index (κ2) is 9.58. The first-order valence-corrected chi connectivity index (χ1v) is 8.18. The number of benzene rings is 1. The molecule has 0 radical (unpaired) electrons. The molecule has 2 N–H and O–H groups in total. The summed E-state index contributed by atoms with van der Waals surface area (Å²) in [6, 6.07) is 6.34. The number of aromatic hydroxyl groups is 1. The van der Waals surface area contributed by atoms with Gasteiger partial charge >= 0.3 is 0 Å². The molecule has 1 aliphatic carbocycles. The minimum Gasteiger partial charge on any atom is -0.504 e. The van der Waals surface area contributed by atoms with Gasteiger partial charge in [0.1, 0.15) is 0 Å². The fraction of sp³-hybridized carbons (Fsp3) is 0.647. The number of rotatable bonds is 6. The van der Waals surface area contributed by atoms with E-state index in [-0.39, 0.29) is 30.6 Å². The molecule has 0 amide bonds. The van der Waals surface area contributed by atoms with Crippen molar-refractivity contribution in [1.82, 2.24) is 10.2 Å². The molecule has 1 saturated heterocycles. The topological polar surface area (TPSA) is 44.7 Å². The Morgan fingerprint density at radius 2 is 1.96 bits per heavy atom. The van der Waals surface area contributed by atoms with Gasteiger partial charge in [-0.05, 0) is 37.0 Å². The van der Waals surface area contributed by atoms with Crippen molar-refractivity contribution in [3.8, 4) is 11.5 Å². The molecule has 2 fully saturated rings. The fourth-order valence-corrected chi connectivity index (χ4v) is 3.17. The summed E-state index contributed by atoms with van der Waals surface area (Å²) in [5.74, 6) is 1.74. The lowest BCUT2D eigenvalue weighted by Crippen LogP contribution is -2.45. The Labute approximate surface area is 151 Å². The Kier molecular flexibility index (Phi) is 8.48. The minimum atomic E-state index is 0. The van der Waals surface area contributed by atoms with Gasteiger partial charge in [-0.25, -0.2) is 0 Å². The second-order valence-corrected chi connectivity index (χ2v) is 6.14. The molecule has 4 nitrogen and oxygen atoms in total. The number of piperazine rings is 1. The van der Waals surface area contributed by atoms with Crippen molar-refractivity contribution in [3.63, 3.8) is 0 Å². The van der Waals surface area contributed by atoms with Crippen LogP contribution in [0.1, 0.15) is 37.8 Å². The number of phenols is 1. The summed E-state index contributed by atoms with van der Waals surface area (Å²) in [6.07, 6.45) is 3.98. The van der Waals surface area contributed by atoms with E-state index >= 15 is 0 Å². The van der Waals surface area contributed by atoms with Crippen LogP contribution in [-0.2, 0) is 0 Å². The van der Waals surface area contributed by atoms with E-state index in [4.69, 9.17) is 4.74 Å². The van der Waals surface area contributed by atoms with Crippen LogP contribution in [0.25, 0.3) is 0 Å². The summed E-state index contributed by atoms with van der Waals surface area (Å²) in [6.45, 7) is 6.86. The summed E-state index contributed by atoms with van der Waals surface area (Å²) >= 11 is 0. The highest BCUT2D eigenvalue weighted by molar-refractivity contribution is 5.85. The SMILES string of the molecule is CCOc1cc([C@H](CC2CC2)N2CCNCC2)ccc1O.Cl.Cl. The maximum absolute atomic E-state index is 9.90. The van der Waals surface area contributed by atoms with Gasteiger partial charge in [0.2, 0.25) is 0 Å². The molecule has 3 rings (SSSR count). The standard InChI is InChI=1S/C17H26N2O2.2ClH/c1-2-21-17-12-14(5-6-16(17)20)15(11-13-3-4-13)19-9-7-18-8-10-19;;/h5-6,12-13,15,18,20H,2-4,7-11H2,1H3;2*1H/t15-;;/m0../s1. The maximum atomic E-state index is 9.90. The van der Waals surface area contributed by atoms with E-state index in [1.165, 1.54) is 24.8 Å². The molecule has 23 heavy (non-hydrogen) atoms. The zero-order valence-corrected chi connectivity index (χ0v) is 15.3. The molecule has 0 bridgehead atoms. The molecule has 1 saturated carbocycles. The lowest BCUT2D eigenvalue weighted by Gasteiger charge is -2.35. The minimum absolute atomic E-state index is 0. The highest BCUT2D eigenvalue weighted by atomic mass is 35.5. The van der Waals surface area contributed by atoms with E-state index in [1.807, 2.05) is 13.0 Å². The molecule has 1 aromatic carbocycles. The molecule has 6 heteroatoms. The van der Waals surface area contributed by atoms with Crippen molar-refractivity contribution in [2.75, 3.05) is 32.8 Å². The van der Waals surface area contributed by atoms with Crippen LogP contribution < -0.4 is 10.1 Å². The summed E-state index contributed by atoms with van der Waals surface area (Å²) in [5.41, 5.74) is 1.28. The zero-order chi connectivity index (χ0) is 14.7. The van der Waals surface area contributed by atoms with E-state index in [2.05, 4.69) is 16.3 Å². The van der Waals surface area contributed by atoms with Crippen molar-refractivity contribution in [2.24, 2.45) is 5.92 Å². The monoisotopic (exact) mass is 362 g/mol. The predicted octanol–water partition coefficient (Wildman–Crippen LogP) is 3.38. The van der Waals surface area contributed by atoms with Crippen LogP contribution >= 0.6 is 24.8 Å². The zero-order valence-electron chi connectivity index (χ0n) is 13.7. The Hall–Kier alpha value is -0.680. The van der Waals surface area contributed by atoms with Crippen molar-refractivity contribution in [1.29, 1.82) is 0 Å². The number of phenolic OH excluding ortho intramolecular Hbond substituents is 1. The number of hydrogen-bond donors (Lipinski definition) is 2. The van der Waals surface area contributed by atoms with Gasteiger partial charge in [0.05, 0.1) is 6.61 Å². The van der Waals surface area contributed by atoms with Gasteiger partial charge in [0.15, 0.2) is 11.5 Å². The van der Waals surface area contributed by atoms with Gasteiger partial charge in [-0.2, -0.15) is 0 Å². The first-order chi connectivity index (χ1) is 10.3. The number of hydrogen-bond acceptors (Lipinski definition) is 4. The molecule has 132 valence electrons. The molecule has 2 aliphatic rings. The third-order valence-corrected chi connectivity index (χ3v) is 4.51. The van der Waals surface area contributed by atoms with E-state index in [1.54, 1.807) is 6.07 Å². The van der Waals surface area contributed by atoms with Gasteiger partial charge in [-0.15, -0.1) is 24.8 Å². The number of nitrogens with one attached hydrogen (secondary N) is 1. The van der Waals surface area contributed by atoms with Gasteiger partial charge < -0.3 is 15.2 Å². The van der Waals surface area contributed by atoms with Gasteiger partial charge in [0, 0.05) is 32.2 Å². The van der Waals surface area contributed by atoms with E-state index in [0.717, 1.165) is 32.1 Å². The lowest BCUT2D eigenvalue weighted by molar-refractivity contribution is 0.160. The molecular formula is C17H28Cl2N2O2. The predicted molar refractivity (Wildman–Crippen MR) is 98.3 cm³/mol. The van der Waals surface area contributed by atoms with Crippen molar-refractivity contribution >= 4 is 24.8 Å². The lowest BCUT2D eigenvalue weighted by atomic mass is 9.98. The van der Waals surface area contributed by atoms with Crippen molar-refractivity contribution < 1.29 is 9.84 Å². The molecule has 0 spiro atoms.